The van der Waals surface area contributed by atoms with Gasteiger partial charge in [0.2, 0.25) is 0 Å². The summed E-state index contributed by atoms with van der Waals surface area (Å²) in [5.74, 6) is 1.96. The van der Waals surface area contributed by atoms with Crippen molar-refractivity contribution in [2.75, 3.05) is 13.7 Å². The van der Waals surface area contributed by atoms with Crippen molar-refractivity contribution in [3.05, 3.63) is 23.2 Å². The second-order valence-electron chi connectivity index (χ2n) is 5.29. The Balaban J connectivity index is 1.93. The van der Waals surface area contributed by atoms with Gasteiger partial charge in [-0.15, -0.1) is 0 Å². The van der Waals surface area contributed by atoms with Crippen LogP contribution >= 0.6 is 0 Å². The minimum Gasteiger partial charge on any atom is -0.466 e. The summed E-state index contributed by atoms with van der Waals surface area (Å²) in [6, 6.07) is 2.72. The van der Waals surface area contributed by atoms with Crippen molar-refractivity contribution in [1.82, 2.24) is 5.32 Å². The molecule has 1 aromatic heterocycles. The number of ether oxygens (including phenoxy) is 2. The molecule has 2 rings (SSSR count). The number of furan rings is 1. The third kappa shape index (κ3) is 3.02. The van der Waals surface area contributed by atoms with E-state index in [9.17, 15) is 0 Å². The highest BCUT2D eigenvalue weighted by Gasteiger charge is 2.42. The van der Waals surface area contributed by atoms with Crippen LogP contribution in [0.2, 0.25) is 0 Å². The fourth-order valence-corrected chi connectivity index (χ4v) is 2.93. The molecule has 0 amide bonds. The van der Waals surface area contributed by atoms with Crippen molar-refractivity contribution < 1.29 is 13.9 Å². The average molecular weight is 267 g/mol. The number of nitrogens with one attached hydrogen (secondary N) is 1. The molecule has 1 aliphatic carbocycles. The molecule has 0 radical (unpaired) electrons. The average Bonchev–Trinajstić information content (AvgIpc) is 2.67. The van der Waals surface area contributed by atoms with Gasteiger partial charge in [0.1, 0.15) is 11.5 Å². The van der Waals surface area contributed by atoms with Crippen LogP contribution < -0.4 is 5.32 Å². The SMILES string of the molecule is CCOC1CC(NC(C)c2cc(C)oc2C)C1OC. The summed E-state index contributed by atoms with van der Waals surface area (Å²) in [6.07, 6.45) is 1.38. The van der Waals surface area contributed by atoms with E-state index in [1.165, 1.54) is 5.56 Å². The standard InChI is InChI=1S/C15H25NO3/c1-6-18-14-8-13(15(14)17-5)16-10(3)12-7-9(2)19-11(12)4/h7,10,13-16H,6,8H2,1-5H3. The Kier molecular flexibility index (Phi) is 4.66. The van der Waals surface area contributed by atoms with Crippen LogP contribution in [0.1, 0.15) is 43.4 Å². The first-order chi connectivity index (χ1) is 9.06. The topological polar surface area (TPSA) is 43.6 Å². The Labute approximate surface area is 115 Å². The molecule has 4 heteroatoms. The van der Waals surface area contributed by atoms with Crippen molar-refractivity contribution >= 4 is 0 Å². The van der Waals surface area contributed by atoms with Gasteiger partial charge in [0, 0.05) is 31.4 Å². The Bertz CT molecular complexity index is 416. The second kappa shape index (κ2) is 6.07. The Hall–Kier alpha value is -0.840. The van der Waals surface area contributed by atoms with Crippen LogP contribution in [0, 0.1) is 13.8 Å². The van der Waals surface area contributed by atoms with Gasteiger partial charge in [-0.3, -0.25) is 0 Å². The number of rotatable bonds is 6. The van der Waals surface area contributed by atoms with E-state index in [-0.39, 0.29) is 18.2 Å². The molecule has 1 heterocycles. The third-order valence-corrected chi connectivity index (χ3v) is 3.91. The molecule has 19 heavy (non-hydrogen) atoms. The van der Waals surface area contributed by atoms with Gasteiger partial charge in [0.15, 0.2) is 0 Å². The van der Waals surface area contributed by atoms with Crippen LogP contribution in [0.15, 0.2) is 10.5 Å². The molecule has 0 bridgehead atoms. The van der Waals surface area contributed by atoms with Crippen molar-refractivity contribution in [1.29, 1.82) is 0 Å². The van der Waals surface area contributed by atoms with Crippen LogP contribution in [-0.4, -0.2) is 32.0 Å². The molecule has 1 aromatic rings. The zero-order valence-electron chi connectivity index (χ0n) is 12.5. The van der Waals surface area contributed by atoms with Crippen molar-refractivity contribution in [2.24, 2.45) is 0 Å². The lowest BCUT2D eigenvalue weighted by Crippen LogP contribution is -2.60. The first-order valence-corrected chi connectivity index (χ1v) is 7.04. The molecule has 0 aliphatic heterocycles. The summed E-state index contributed by atoms with van der Waals surface area (Å²) in [7, 11) is 1.75. The van der Waals surface area contributed by atoms with Crippen molar-refractivity contribution in [3.8, 4) is 0 Å². The second-order valence-corrected chi connectivity index (χ2v) is 5.29. The maximum Gasteiger partial charge on any atom is 0.105 e. The Morgan fingerprint density at radius 3 is 2.74 bits per heavy atom. The summed E-state index contributed by atoms with van der Waals surface area (Å²) < 4.78 is 16.8. The van der Waals surface area contributed by atoms with Crippen LogP contribution in [0.5, 0.6) is 0 Å². The predicted octanol–water partition coefficient (Wildman–Crippen LogP) is 2.74. The van der Waals surface area contributed by atoms with Gasteiger partial charge in [-0.2, -0.15) is 0 Å². The molecule has 0 aromatic carbocycles. The number of methoxy groups -OCH3 is 1. The summed E-state index contributed by atoms with van der Waals surface area (Å²) in [5, 5.41) is 3.61. The van der Waals surface area contributed by atoms with Crippen molar-refractivity contribution in [3.63, 3.8) is 0 Å². The van der Waals surface area contributed by atoms with E-state index in [1.807, 2.05) is 20.8 Å². The molecule has 1 saturated carbocycles. The fourth-order valence-electron chi connectivity index (χ4n) is 2.93. The maximum absolute atomic E-state index is 5.64. The van der Waals surface area contributed by atoms with E-state index in [2.05, 4.69) is 18.3 Å². The molecule has 4 unspecified atom stereocenters. The Morgan fingerprint density at radius 1 is 1.47 bits per heavy atom. The fraction of sp³-hybridized carbons (Fsp3) is 0.733. The van der Waals surface area contributed by atoms with E-state index in [0.717, 1.165) is 24.5 Å². The number of hydrogen-bond acceptors (Lipinski definition) is 4. The number of hydrogen-bond donors (Lipinski definition) is 1. The molecule has 108 valence electrons. The largest absolute Gasteiger partial charge is 0.466 e. The van der Waals surface area contributed by atoms with Crippen molar-refractivity contribution in [2.45, 2.75) is 58.4 Å². The molecular formula is C15H25NO3. The van der Waals surface area contributed by atoms with Gasteiger partial charge < -0.3 is 19.2 Å². The number of aryl methyl sites for hydroxylation is 2. The zero-order valence-corrected chi connectivity index (χ0v) is 12.5. The maximum atomic E-state index is 5.64. The first-order valence-electron chi connectivity index (χ1n) is 7.04. The monoisotopic (exact) mass is 267 g/mol. The van der Waals surface area contributed by atoms with E-state index in [0.29, 0.717) is 6.04 Å². The molecular weight excluding hydrogens is 242 g/mol. The summed E-state index contributed by atoms with van der Waals surface area (Å²) in [5.41, 5.74) is 1.23. The highest BCUT2D eigenvalue weighted by molar-refractivity contribution is 5.24. The van der Waals surface area contributed by atoms with Crippen LogP contribution in [-0.2, 0) is 9.47 Å². The Morgan fingerprint density at radius 2 is 2.21 bits per heavy atom. The van der Waals surface area contributed by atoms with Crippen LogP contribution in [0.25, 0.3) is 0 Å². The predicted molar refractivity (Wildman–Crippen MR) is 74.3 cm³/mol. The lowest BCUT2D eigenvalue weighted by Gasteiger charge is -2.44. The van der Waals surface area contributed by atoms with E-state index >= 15 is 0 Å². The highest BCUT2D eigenvalue weighted by Crippen LogP contribution is 2.30. The summed E-state index contributed by atoms with van der Waals surface area (Å²) in [6.45, 7) is 8.92. The first kappa shape index (κ1) is 14.6. The van der Waals surface area contributed by atoms with Gasteiger partial charge >= 0.3 is 0 Å². The zero-order chi connectivity index (χ0) is 14.0. The van der Waals surface area contributed by atoms with Crippen LogP contribution in [0.3, 0.4) is 0 Å². The molecule has 4 nitrogen and oxygen atoms in total. The quantitative estimate of drug-likeness (QED) is 0.860. The summed E-state index contributed by atoms with van der Waals surface area (Å²) >= 11 is 0. The highest BCUT2D eigenvalue weighted by atomic mass is 16.5. The van der Waals surface area contributed by atoms with Gasteiger partial charge in [-0.1, -0.05) is 0 Å². The van der Waals surface area contributed by atoms with Gasteiger partial charge in [0.25, 0.3) is 0 Å². The minimum absolute atomic E-state index is 0.149. The van der Waals surface area contributed by atoms with E-state index in [1.54, 1.807) is 7.11 Å². The normalized spacial score (nSPS) is 28.2. The molecule has 1 fully saturated rings. The third-order valence-electron chi connectivity index (χ3n) is 3.91. The summed E-state index contributed by atoms with van der Waals surface area (Å²) in [4.78, 5) is 0. The van der Waals surface area contributed by atoms with Crippen LogP contribution in [0.4, 0.5) is 0 Å². The molecule has 0 spiro atoms. The lowest BCUT2D eigenvalue weighted by atomic mass is 9.84. The van der Waals surface area contributed by atoms with E-state index in [4.69, 9.17) is 13.9 Å². The molecule has 1 aliphatic rings. The molecule has 4 atom stereocenters. The molecule has 0 saturated heterocycles. The lowest BCUT2D eigenvalue weighted by molar-refractivity contribution is -0.133. The van der Waals surface area contributed by atoms with E-state index < -0.39 is 0 Å². The smallest absolute Gasteiger partial charge is 0.105 e. The minimum atomic E-state index is 0.149. The van der Waals surface area contributed by atoms with Gasteiger partial charge in [-0.05, 0) is 40.2 Å². The molecule has 1 N–H and O–H groups in total. The van der Waals surface area contributed by atoms with Gasteiger partial charge in [0.05, 0.1) is 12.2 Å². The van der Waals surface area contributed by atoms with Gasteiger partial charge in [-0.25, -0.2) is 0 Å².